The number of nitrogens with one attached hydrogen (secondary N) is 1. The fraction of sp³-hybridized carbons (Fsp3) is 0.600. The molecule has 3 rings (SSSR count). The zero-order valence-corrected chi connectivity index (χ0v) is 10.5. The van der Waals surface area contributed by atoms with Crippen molar-refractivity contribution in [2.24, 2.45) is 5.92 Å². The third kappa shape index (κ3) is 2.38. The standard InChI is InChI=1S/C15H21NO/c1-11-6-8-12(9-7-11)15-16-10-13-4-2-3-5-14(13)17-15/h6-9,13-16H,2-5,10H2,1H3. The summed E-state index contributed by atoms with van der Waals surface area (Å²) in [5.41, 5.74) is 2.57. The van der Waals surface area contributed by atoms with Crippen LogP contribution in [0.2, 0.25) is 0 Å². The van der Waals surface area contributed by atoms with Crippen LogP contribution in [0.3, 0.4) is 0 Å². The summed E-state index contributed by atoms with van der Waals surface area (Å²) in [6, 6.07) is 8.67. The largest absolute Gasteiger partial charge is 0.356 e. The van der Waals surface area contributed by atoms with Gasteiger partial charge in [-0.1, -0.05) is 42.7 Å². The molecule has 2 aliphatic rings. The lowest BCUT2D eigenvalue weighted by Gasteiger charge is -2.40. The molecule has 0 radical (unpaired) electrons. The van der Waals surface area contributed by atoms with Gasteiger partial charge in [-0.2, -0.15) is 0 Å². The molecule has 3 unspecified atom stereocenters. The predicted molar refractivity (Wildman–Crippen MR) is 68.8 cm³/mol. The highest BCUT2D eigenvalue weighted by atomic mass is 16.5. The Hall–Kier alpha value is -0.860. The van der Waals surface area contributed by atoms with Gasteiger partial charge in [-0.15, -0.1) is 0 Å². The van der Waals surface area contributed by atoms with Gasteiger partial charge in [-0.3, -0.25) is 5.32 Å². The summed E-state index contributed by atoms with van der Waals surface area (Å²) in [6.07, 6.45) is 5.88. The molecule has 1 saturated carbocycles. The average molecular weight is 231 g/mol. The van der Waals surface area contributed by atoms with E-state index in [-0.39, 0.29) is 6.23 Å². The van der Waals surface area contributed by atoms with Crippen molar-refractivity contribution in [2.45, 2.75) is 44.9 Å². The van der Waals surface area contributed by atoms with Crippen LogP contribution in [0.25, 0.3) is 0 Å². The molecule has 1 aromatic carbocycles. The quantitative estimate of drug-likeness (QED) is 0.801. The van der Waals surface area contributed by atoms with Gasteiger partial charge in [0.25, 0.3) is 0 Å². The van der Waals surface area contributed by atoms with Gasteiger partial charge < -0.3 is 4.74 Å². The van der Waals surface area contributed by atoms with Gasteiger partial charge in [0.05, 0.1) is 6.10 Å². The summed E-state index contributed by atoms with van der Waals surface area (Å²) in [6.45, 7) is 3.24. The minimum Gasteiger partial charge on any atom is -0.356 e. The van der Waals surface area contributed by atoms with Crippen LogP contribution in [0.5, 0.6) is 0 Å². The molecule has 2 nitrogen and oxygen atoms in total. The Morgan fingerprint density at radius 2 is 1.88 bits per heavy atom. The first-order chi connectivity index (χ1) is 8.33. The third-order valence-electron chi connectivity index (χ3n) is 4.10. The molecule has 92 valence electrons. The van der Waals surface area contributed by atoms with E-state index in [1.54, 1.807) is 0 Å². The van der Waals surface area contributed by atoms with E-state index in [2.05, 4.69) is 36.5 Å². The van der Waals surface area contributed by atoms with Crippen molar-refractivity contribution in [1.29, 1.82) is 0 Å². The average Bonchev–Trinajstić information content (AvgIpc) is 2.39. The topological polar surface area (TPSA) is 21.3 Å². The molecule has 0 aromatic heterocycles. The molecule has 1 saturated heterocycles. The number of fused-ring (bicyclic) bond motifs is 1. The summed E-state index contributed by atoms with van der Waals surface area (Å²) < 4.78 is 6.21. The van der Waals surface area contributed by atoms with Gasteiger partial charge >= 0.3 is 0 Å². The number of hydrogen-bond acceptors (Lipinski definition) is 2. The normalized spacial score (nSPS) is 33.1. The Labute approximate surface area is 103 Å². The second kappa shape index (κ2) is 4.79. The SMILES string of the molecule is Cc1ccc(C2NCC3CCCCC3O2)cc1. The molecule has 0 bridgehead atoms. The van der Waals surface area contributed by atoms with Gasteiger partial charge in [-0.05, 0) is 31.2 Å². The monoisotopic (exact) mass is 231 g/mol. The van der Waals surface area contributed by atoms with E-state index in [0.717, 1.165) is 12.5 Å². The lowest BCUT2D eigenvalue weighted by atomic mass is 9.85. The summed E-state index contributed by atoms with van der Waals surface area (Å²) in [7, 11) is 0. The van der Waals surface area contributed by atoms with Crippen LogP contribution < -0.4 is 5.32 Å². The van der Waals surface area contributed by atoms with Crippen LogP contribution in [0.15, 0.2) is 24.3 Å². The van der Waals surface area contributed by atoms with Crippen LogP contribution in [0.4, 0.5) is 0 Å². The van der Waals surface area contributed by atoms with Gasteiger partial charge in [-0.25, -0.2) is 0 Å². The number of ether oxygens (including phenoxy) is 1. The number of rotatable bonds is 1. The molecular formula is C15H21NO. The summed E-state index contributed by atoms with van der Waals surface area (Å²) in [4.78, 5) is 0. The van der Waals surface area contributed by atoms with Gasteiger partial charge in [0, 0.05) is 6.54 Å². The first kappa shape index (κ1) is 11.2. The Kier molecular flexibility index (Phi) is 3.17. The smallest absolute Gasteiger partial charge is 0.134 e. The summed E-state index contributed by atoms with van der Waals surface area (Å²) in [5.74, 6) is 0.741. The third-order valence-corrected chi connectivity index (χ3v) is 4.10. The fourth-order valence-corrected chi connectivity index (χ4v) is 3.01. The van der Waals surface area contributed by atoms with E-state index >= 15 is 0 Å². The molecule has 17 heavy (non-hydrogen) atoms. The summed E-state index contributed by atoms with van der Waals surface area (Å²) in [5, 5.41) is 3.53. The molecule has 1 aliphatic heterocycles. The van der Waals surface area contributed by atoms with Crippen LogP contribution in [-0.4, -0.2) is 12.6 Å². The molecule has 1 heterocycles. The molecule has 0 spiro atoms. The van der Waals surface area contributed by atoms with Crippen molar-refractivity contribution in [2.75, 3.05) is 6.54 Å². The zero-order valence-electron chi connectivity index (χ0n) is 10.5. The van der Waals surface area contributed by atoms with E-state index in [9.17, 15) is 0 Å². The van der Waals surface area contributed by atoms with E-state index in [1.807, 2.05) is 0 Å². The molecule has 2 heteroatoms. The maximum absolute atomic E-state index is 6.21. The summed E-state index contributed by atoms with van der Waals surface area (Å²) >= 11 is 0. The highest BCUT2D eigenvalue weighted by Crippen LogP contribution is 2.33. The maximum atomic E-state index is 6.21. The van der Waals surface area contributed by atoms with Gasteiger partial charge in [0.2, 0.25) is 0 Å². The van der Waals surface area contributed by atoms with E-state index in [1.165, 1.54) is 36.8 Å². The molecule has 0 amide bonds. The minimum absolute atomic E-state index is 0.106. The van der Waals surface area contributed by atoms with Crippen molar-refractivity contribution < 1.29 is 4.74 Å². The number of hydrogen-bond donors (Lipinski definition) is 1. The molecule has 3 atom stereocenters. The highest BCUT2D eigenvalue weighted by molar-refractivity contribution is 5.23. The van der Waals surface area contributed by atoms with Crippen molar-refractivity contribution in [3.8, 4) is 0 Å². The van der Waals surface area contributed by atoms with Crippen LogP contribution in [-0.2, 0) is 4.74 Å². The first-order valence-electron chi connectivity index (χ1n) is 6.78. The lowest BCUT2D eigenvalue weighted by Crippen LogP contribution is -2.45. The second-order valence-electron chi connectivity index (χ2n) is 5.42. The van der Waals surface area contributed by atoms with Gasteiger partial charge in [0.15, 0.2) is 0 Å². The van der Waals surface area contributed by atoms with E-state index < -0.39 is 0 Å². The van der Waals surface area contributed by atoms with Crippen LogP contribution in [0.1, 0.15) is 43.0 Å². The number of aryl methyl sites for hydroxylation is 1. The highest BCUT2D eigenvalue weighted by Gasteiger charge is 2.33. The van der Waals surface area contributed by atoms with Gasteiger partial charge in [0.1, 0.15) is 6.23 Å². The number of benzene rings is 1. The van der Waals surface area contributed by atoms with Crippen molar-refractivity contribution in [1.82, 2.24) is 5.32 Å². The zero-order chi connectivity index (χ0) is 11.7. The molecule has 1 N–H and O–H groups in total. The van der Waals surface area contributed by atoms with Crippen LogP contribution in [0, 0.1) is 12.8 Å². The Bertz CT molecular complexity index is 373. The first-order valence-corrected chi connectivity index (χ1v) is 6.78. The predicted octanol–water partition coefficient (Wildman–Crippen LogP) is 3.17. The molecular weight excluding hydrogens is 210 g/mol. The van der Waals surface area contributed by atoms with E-state index in [0.29, 0.717) is 6.10 Å². The van der Waals surface area contributed by atoms with Crippen molar-refractivity contribution in [3.63, 3.8) is 0 Å². The van der Waals surface area contributed by atoms with Crippen molar-refractivity contribution in [3.05, 3.63) is 35.4 Å². The molecule has 1 aliphatic carbocycles. The van der Waals surface area contributed by atoms with E-state index in [4.69, 9.17) is 4.74 Å². The molecule has 2 fully saturated rings. The Morgan fingerprint density at radius 3 is 2.71 bits per heavy atom. The fourth-order valence-electron chi connectivity index (χ4n) is 3.01. The van der Waals surface area contributed by atoms with Crippen molar-refractivity contribution >= 4 is 0 Å². The minimum atomic E-state index is 0.106. The Balaban J connectivity index is 1.71. The lowest BCUT2D eigenvalue weighted by molar-refractivity contribution is -0.109. The second-order valence-corrected chi connectivity index (χ2v) is 5.42. The Morgan fingerprint density at radius 1 is 1.12 bits per heavy atom. The molecule has 1 aromatic rings. The van der Waals surface area contributed by atoms with Crippen LogP contribution >= 0.6 is 0 Å². The maximum Gasteiger partial charge on any atom is 0.134 e.